The molecule has 0 aliphatic heterocycles. The first kappa shape index (κ1) is 16.9. The quantitative estimate of drug-likeness (QED) is 0.840. The number of nitrogens with two attached hydrogens (primary N) is 1. The monoisotopic (exact) mass is 302 g/mol. The van der Waals surface area contributed by atoms with Gasteiger partial charge in [0.1, 0.15) is 10.7 Å². The molecule has 1 aromatic carbocycles. The molecule has 0 fully saturated rings. The van der Waals surface area contributed by atoms with E-state index in [9.17, 15) is 12.8 Å². The van der Waals surface area contributed by atoms with Crippen molar-refractivity contribution >= 4 is 15.7 Å². The number of hydrogen-bond donors (Lipinski definition) is 2. The van der Waals surface area contributed by atoms with Crippen LogP contribution in [0, 0.1) is 24.1 Å². The van der Waals surface area contributed by atoms with E-state index in [0.29, 0.717) is 5.56 Å². The molecular formula is C14H23FN2O2S. The molecule has 4 nitrogen and oxygen atoms in total. The lowest BCUT2D eigenvalue weighted by molar-refractivity contribution is 0.263. The second-order valence-electron chi connectivity index (χ2n) is 6.26. The van der Waals surface area contributed by atoms with Crippen molar-refractivity contribution in [3.8, 4) is 0 Å². The number of nitrogens with one attached hydrogen (secondary N) is 1. The highest BCUT2D eigenvalue weighted by Gasteiger charge is 2.25. The molecule has 6 heteroatoms. The van der Waals surface area contributed by atoms with Crippen LogP contribution in [0.15, 0.2) is 17.0 Å². The van der Waals surface area contributed by atoms with Crippen molar-refractivity contribution in [2.75, 3.05) is 12.3 Å². The smallest absolute Gasteiger partial charge is 0.243 e. The first-order valence-electron chi connectivity index (χ1n) is 6.50. The minimum Gasteiger partial charge on any atom is -0.398 e. The van der Waals surface area contributed by atoms with Gasteiger partial charge in [0.25, 0.3) is 0 Å². The number of benzene rings is 1. The third-order valence-corrected chi connectivity index (χ3v) is 5.11. The summed E-state index contributed by atoms with van der Waals surface area (Å²) in [6.45, 7) is 9.90. The highest BCUT2D eigenvalue weighted by Crippen LogP contribution is 2.26. The van der Waals surface area contributed by atoms with Gasteiger partial charge in [-0.15, -0.1) is 0 Å². The zero-order valence-electron chi connectivity index (χ0n) is 12.6. The Hall–Kier alpha value is -1.14. The Kier molecular flexibility index (Phi) is 4.82. The van der Waals surface area contributed by atoms with Gasteiger partial charge in [-0.2, -0.15) is 0 Å². The van der Waals surface area contributed by atoms with Crippen molar-refractivity contribution in [1.29, 1.82) is 0 Å². The molecule has 0 radical (unpaired) electrons. The van der Waals surface area contributed by atoms with Crippen molar-refractivity contribution in [3.63, 3.8) is 0 Å². The van der Waals surface area contributed by atoms with E-state index in [4.69, 9.17) is 5.73 Å². The van der Waals surface area contributed by atoms with E-state index >= 15 is 0 Å². The van der Waals surface area contributed by atoms with Crippen molar-refractivity contribution in [1.82, 2.24) is 4.72 Å². The SMILES string of the molecule is Cc1cc(F)c(S(=O)(=O)NCC(C)C(C)(C)C)cc1N. The molecular weight excluding hydrogens is 279 g/mol. The van der Waals surface area contributed by atoms with Crippen LogP contribution in [0.25, 0.3) is 0 Å². The molecule has 0 amide bonds. The predicted octanol–water partition coefficient (Wildman–Crippen LogP) is 2.68. The summed E-state index contributed by atoms with van der Waals surface area (Å²) < 4.78 is 40.5. The Bertz CT molecular complexity index is 592. The van der Waals surface area contributed by atoms with Crippen LogP contribution in [0.4, 0.5) is 10.1 Å². The summed E-state index contributed by atoms with van der Waals surface area (Å²) in [6.07, 6.45) is 0. The van der Waals surface area contributed by atoms with Crippen LogP contribution in [0.1, 0.15) is 33.3 Å². The predicted molar refractivity (Wildman–Crippen MR) is 79.4 cm³/mol. The fourth-order valence-electron chi connectivity index (χ4n) is 1.49. The number of nitrogen functional groups attached to an aromatic ring is 1. The molecule has 20 heavy (non-hydrogen) atoms. The standard InChI is InChI=1S/C14H23FN2O2S/c1-9-6-11(15)13(7-12(9)16)20(18,19)17-8-10(2)14(3,4)5/h6-7,10,17H,8,16H2,1-5H3. The van der Waals surface area contributed by atoms with E-state index in [1.165, 1.54) is 0 Å². The fraction of sp³-hybridized carbons (Fsp3) is 0.571. The van der Waals surface area contributed by atoms with Gasteiger partial charge in [-0.05, 0) is 36.0 Å². The summed E-state index contributed by atoms with van der Waals surface area (Å²) in [5, 5.41) is 0. The molecule has 0 aliphatic carbocycles. The average molecular weight is 302 g/mol. The Balaban J connectivity index is 2.98. The molecule has 0 spiro atoms. The number of rotatable bonds is 4. The van der Waals surface area contributed by atoms with Crippen LogP contribution in [0.2, 0.25) is 0 Å². The van der Waals surface area contributed by atoms with Crippen molar-refractivity contribution in [3.05, 3.63) is 23.5 Å². The van der Waals surface area contributed by atoms with Crippen LogP contribution in [0.3, 0.4) is 0 Å². The minimum atomic E-state index is -3.89. The highest BCUT2D eigenvalue weighted by molar-refractivity contribution is 7.89. The van der Waals surface area contributed by atoms with Gasteiger partial charge in [0, 0.05) is 12.2 Å². The molecule has 0 heterocycles. The molecule has 1 aromatic rings. The van der Waals surface area contributed by atoms with Crippen molar-refractivity contribution < 1.29 is 12.8 Å². The normalized spacial score (nSPS) is 14.3. The van der Waals surface area contributed by atoms with E-state index < -0.39 is 20.7 Å². The summed E-state index contributed by atoms with van der Waals surface area (Å²) in [5.74, 6) is -0.671. The van der Waals surface area contributed by atoms with Gasteiger partial charge in [-0.1, -0.05) is 27.7 Å². The Labute approximate surface area is 120 Å². The zero-order valence-corrected chi connectivity index (χ0v) is 13.4. The van der Waals surface area contributed by atoms with Gasteiger partial charge in [0.2, 0.25) is 10.0 Å². The number of anilines is 1. The molecule has 114 valence electrons. The zero-order chi connectivity index (χ0) is 15.7. The summed E-state index contributed by atoms with van der Waals surface area (Å²) in [6, 6.07) is 2.30. The first-order valence-corrected chi connectivity index (χ1v) is 7.98. The van der Waals surface area contributed by atoms with Crippen molar-refractivity contribution in [2.45, 2.75) is 39.5 Å². The lowest BCUT2D eigenvalue weighted by Crippen LogP contribution is -2.34. The molecule has 0 saturated carbocycles. The largest absolute Gasteiger partial charge is 0.398 e. The van der Waals surface area contributed by atoms with Gasteiger partial charge in [0.05, 0.1) is 0 Å². The molecule has 1 unspecified atom stereocenters. The van der Waals surface area contributed by atoms with Crippen molar-refractivity contribution in [2.24, 2.45) is 11.3 Å². The van der Waals surface area contributed by atoms with Gasteiger partial charge >= 0.3 is 0 Å². The first-order chi connectivity index (χ1) is 8.95. The lowest BCUT2D eigenvalue weighted by atomic mass is 9.82. The molecule has 0 saturated heterocycles. The second-order valence-corrected chi connectivity index (χ2v) is 7.99. The maximum atomic E-state index is 13.8. The number of sulfonamides is 1. The summed E-state index contributed by atoms with van der Waals surface area (Å²) >= 11 is 0. The highest BCUT2D eigenvalue weighted by atomic mass is 32.2. The third kappa shape index (κ3) is 3.93. The van der Waals surface area contributed by atoms with Crippen LogP contribution in [-0.2, 0) is 10.0 Å². The number of aryl methyl sites for hydroxylation is 1. The second kappa shape index (κ2) is 5.69. The fourth-order valence-corrected chi connectivity index (χ4v) is 2.72. The number of halogens is 1. The van der Waals surface area contributed by atoms with E-state index in [-0.39, 0.29) is 23.6 Å². The average Bonchev–Trinajstić information content (AvgIpc) is 2.29. The van der Waals surface area contributed by atoms with E-state index in [2.05, 4.69) is 4.72 Å². The van der Waals surface area contributed by atoms with Crippen LogP contribution in [-0.4, -0.2) is 15.0 Å². The topological polar surface area (TPSA) is 72.2 Å². The third-order valence-electron chi connectivity index (χ3n) is 3.67. The summed E-state index contributed by atoms with van der Waals surface area (Å²) in [5.41, 5.74) is 6.40. The Morgan fingerprint density at radius 1 is 1.35 bits per heavy atom. The van der Waals surface area contributed by atoms with E-state index in [1.807, 2.05) is 27.7 Å². The lowest BCUT2D eigenvalue weighted by Gasteiger charge is -2.27. The molecule has 0 bridgehead atoms. The molecule has 1 atom stereocenters. The summed E-state index contributed by atoms with van der Waals surface area (Å²) in [4.78, 5) is -0.401. The minimum absolute atomic E-state index is 0.0344. The van der Waals surface area contributed by atoms with Crippen LogP contribution in [0.5, 0.6) is 0 Å². The maximum Gasteiger partial charge on any atom is 0.243 e. The van der Waals surface area contributed by atoms with E-state index in [1.54, 1.807) is 6.92 Å². The van der Waals surface area contributed by atoms with Gasteiger partial charge in [-0.25, -0.2) is 17.5 Å². The number of hydrogen-bond acceptors (Lipinski definition) is 3. The molecule has 1 rings (SSSR count). The Morgan fingerprint density at radius 2 is 1.90 bits per heavy atom. The molecule has 0 aliphatic rings. The summed E-state index contributed by atoms with van der Waals surface area (Å²) in [7, 11) is -3.89. The van der Waals surface area contributed by atoms with Gasteiger partial charge in [0.15, 0.2) is 0 Å². The maximum absolute atomic E-state index is 13.8. The van der Waals surface area contributed by atoms with Gasteiger partial charge < -0.3 is 5.73 Å². The molecule has 0 aromatic heterocycles. The van der Waals surface area contributed by atoms with Crippen LogP contribution < -0.4 is 10.5 Å². The molecule has 3 N–H and O–H groups in total. The van der Waals surface area contributed by atoms with Gasteiger partial charge in [-0.3, -0.25) is 0 Å². The van der Waals surface area contributed by atoms with Crippen LogP contribution >= 0.6 is 0 Å². The Morgan fingerprint density at radius 3 is 2.40 bits per heavy atom. The van der Waals surface area contributed by atoms with E-state index in [0.717, 1.165) is 12.1 Å².